The zero-order valence-electron chi connectivity index (χ0n) is 23.8. The number of hydrogen-bond donors (Lipinski definition) is 3. The fourth-order valence-electron chi connectivity index (χ4n) is 4.10. The summed E-state index contributed by atoms with van der Waals surface area (Å²) in [6, 6.07) is 17.8. The summed E-state index contributed by atoms with van der Waals surface area (Å²) in [5, 5.41) is 8.04. The van der Waals surface area contributed by atoms with E-state index in [2.05, 4.69) is 42.9 Å². The van der Waals surface area contributed by atoms with Crippen molar-refractivity contribution in [1.82, 2.24) is 16.0 Å². The zero-order valence-corrected chi connectivity index (χ0v) is 26.7. The molecule has 3 N–H and O–H groups in total. The molecule has 3 rings (SSSR count). The summed E-state index contributed by atoms with van der Waals surface area (Å²) in [5.74, 6) is -2.38. The number of hydrogen-bond acceptors (Lipinski definition) is 4. The predicted molar refractivity (Wildman–Crippen MR) is 158 cm³/mol. The number of halogens is 2. The monoisotopic (exact) mass is 673 g/mol. The van der Waals surface area contributed by atoms with E-state index in [0.29, 0.717) is 31.2 Å². The molecule has 0 fully saturated rings. The van der Waals surface area contributed by atoms with E-state index in [1.807, 2.05) is 12.1 Å². The molecule has 3 aromatic rings. The fourth-order valence-corrected chi connectivity index (χ4v) is 7.43. The SMILES string of the molecule is C[C@H](NC(=O)Cc1cc(F)cc(F)c1)C(=O)N[C@H](C(=O)NCCCOc1cc[c]([Sn]([CH3])([CH3])[CH3])cc1)c1ccccc1. The summed E-state index contributed by atoms with van der Waals surface area (Å²) in [6.45, 7) is 2.22. The average molecular weight is 672 g/mol. The van der Waals surface area contributed by atoms with Crippen LogP contribution in [0.15, 0.2) is 72.8 Å². The van der Waals surface area contributed by atoms with Gasteiger partial charge in [0, 0.05) is 6.07 Å². The molecule has 0 radical (unpaired) electrons. The van der Waals surface area contributed by atoms with Crippen molar-refractivity contribution in [1.29, 1.82) is 0 Å². The molecule has 0 saturated carbocycles. The summed E-state index contributed by atoms with van der Waals surface area (Å²) < 4.78 is 34.1. The topological polar surface area (TPSA) is 96.5 Å². The van der Waals surface area contributed by atoms with Crippen LogP contribution >= 0.6 is 0 Å². The van der Waals surface area contributed by atoms with E-state index in [-0.39, 0.29) is 12.0 Å². The molecule has 218 valence electrons. The second-order valence-corrected chi connectivity index (χ2v) is 25.4. The quantitative estimate of drug-likeness (QED) is 0.189. The second kappa shape index (κ2) is 15.0. The molecule has 41 heavy (non-hydrogen) atoms. The number of carbonyl (C=O) groups excluding carboxylic acids is 3. The molecule has 2 atom stereocenters. The molecule has 0 saturated heterocycles. The van der Waals surface area contributed by atoms with Crippen LogP contribution in [0.1, 0.15) is 30.5 Å². The van der Waals surface area contributed by atoms with Crippen LogP contribution < -0.4 is 24.3 Å². The van der Waals surface area contributed by atoms with E-state index < -0.39 is 59.8 Å². The van der Waals surface area contributed by atoms with Crippen molar-refractivity contribution < 1.29 is 27.9 Å². The number of amides is 3. The van der Waals surface area contributed by atoms with Crippen molar-refractivity contribution >= 4 is 39.7 Å². The van der Waals surface area contributed by atoms with Gasteiger partial charge < -0.3 is 5.32 Å². The van der Waals surface area contributed by atoms with E-state index >= 15 is 0 Å². The van der Waals surface area contributed by atoms with E-state index in [9.17, 15) is 23.2 Å². The van der Waals surface area contributed by atoms with Gasteiger partial charge in [-0.1, -0.05) is 30.3 Å². The maximum absolute atomic E-state index is 13.4. The molecule has 0 aliphatic carbocycles. The first-order valence-corrected chi connectivity index (χ1v) is 23.5. The Kier molecular flexibility index (Phi) is 11.7. The zero-order chi connectivity index (χ0) is 30.0. The third-order valence-corrected chi connectivity index (χ3v) is 12.2. The number of rotatable bonds is 13. The summed E-state index contributed by atoms with van der Waals surface area (Å²) in [4.78, 5) is 45.4. The van der Waals surface area contributed by atoms with E-state index in [1.54, 1.807) is 30.3 Å². The molecular formula is C31H37F2N3O4Sn. The van der Waals surface area contributed by atoms with Gasteiger partial charge in [0.2, 0.25) is 11.8 Å². The Labute approximate surface area is 243 Å². The Morgan fingerprint density at radius 1 is 0.854 bits per heavy atom. The van der Waals surface area contributed by atoms with Gasteiger partial charge in [0.25, 0.3) is 0 Å². The Morgan fingerprint density at radius 3 is 2.10 bits per heavy atom. The van der Waals surface area contributed by atoms with Gasteiger partial charge in [-0.2, -0.15) is 0 Å². The smallest absolute Gasteiger partial charge is 0.0622 e. The van der Waals surface area contributed by atoms with Gasteiger partial charge in [-0.05, 0) is 24.6 Å². The Hall–Kier alpha value is -3.47. The molecule has 0 aromatic heterocycles. The summed E-state index contributed by atoms with van der Waals surface area (Å²) >= 11 is -2.11. The third kappa shape index (κ3) is 10.5. The molecule has 3 aromatic carbocycles. The van der Waals surface area contributed by atoms with E-state index in [1.165, 1.54) is 10.5 Å². The van der Waals surface area contributed by atoms with Crippen LogP contribution in [0.4, 0.5) is 8.78 Å². The molecule has 7 nitrogen and oxygen atoms in total. The molecule has 3 amide bonds. The van der Waals surface area contributed by atoms with Gasteiger partial charge in [0.15, 0.2) is 0 Å². The molecule has 0 heterocycles. The van der Waals surface area contributed by atoms with Crippen molar-refractivity contribution in [3.63, 3.8) is 0 Å². The van der Waals surface area contributed by atoms with Crippen LogP contribution in [0, 0.1) is 11.6 Å². The first-order chi connectivity index (χ1) is 19.4. The Balaban J connectivity index is 1.51. The van der Waals surface area contributed by atoms with Crippen LogP contribution in [-0.4, -0.2) is 55.3 Å². The maximum atomic E-state index is 13.4. The third-order valence-electron chi connectivity index (χ3n) is 6.35. The summed E-state index contributed by atoms with van der Waals surface area (Å²) in [6.07, 6.45) is 0.259. The van der Waals surface area contributed by atoms with Gasteiger partial charge in [-0.25, -0.2) is 8.78 Å². The molecule has 0 aliphatic heterocycles. The first kappa shape index (κ1) is 32.0. The summed E-state index contributed by atoms with van der Waals surface area (Å²) in [7, 11) is 0. The molecule has 10 heteroatoms. The standard InChI is InChI=1S/C28H28F2N3O4.3CH3.Sn/c1-19(32-25(34)17-20-15-22(29)18-23(30)16-20)27(35)33-26(21-9-4-2-5-10-21)28(36)31-13-8-14-37-24-11-6-3-7-12-24;;;;/h2,4-7,9-12,15-16,18-19,26H,8,13-14,17H2,1H3,(H,31,36)(H,32,34)(H,33,35);3*1H3;/t19-,26-;;;;/m0..../s1. The minimum Gasteiger partial charge on any atom is -0.0622 e. The number of benzene rings is 3. The van der Waals surface area contributed by atoms with Crippen LogP contribution in [0.2, 0.25) is 14.8 Å². The van der Waals surface area contributed by atoms with Crippen molar-refractivity contribution in [2.75, 3.05) is 13.2 Å². The first-order valence-electron chi connectivity index (χ1n) is 13.5. The van der Waals surface area contributed by atoms with Gasteiger partial charge in [0.05, 0.1) is 6.42 Å². The molecule has 0 aliphatic rings. The normalized spacial score (nSPS) is 12.6. The van der Waals surface area contributed by atoms with Crippen molar-refractivity contribution in [3.8, 4) is 5.75 Å². The Bertz CT molecular complexity index is 1310. The van der Waals surface area contributed by atoms with Crippen molar-refractivity contribution in [3.05, 3.63) is 95.6 Å². The van der Waals surface area contributed by atoms with Crippen molar-refractivity contribution in [2.45, 2.75) is 46.7 Å². The number of ether oxygens (including phenoxy) is 1. The molecule has 0 unspecified atom stereocenters. The minimum absolute atomic E-state index is 0.141. The number of nitrogens with one attached hydrogen (secondary N) is 3. The summed E-state index contributed by atoms with van der Waals surface area (Å²) in [5.41, 5.74) is 0.718. The predicted octanol–water partition coefficient (Wildman–Crippen LogP) is 4.00. The molecule has 0 bridgehead atoms. The van der Waals surface area contributed by atoms with Crippen LogP contribution in [0.25, 0.3) is 0 Å². The van der Waals surface area contributed by atoms with Crippen LogP contribution in [0.5, 0.6) is 5.75 Å². The van der Waals surface area contributed by atoms with Gasteiger partial charge in [-0.15, -0.1) is 0 Å². The second-order valence-electron chi connectivity index (χ2n) is 10.9. The molecular weight excluding hydrogens is 635 g/mol. The van der Waals surface area contributed by atoms with Gasteiger partial charge in [-0.3, -0.25) is 9.59 Å². The number of carbonyl (C=O) groups is 3. The van der Waals surface area contributed by atoms with Crippen LogP contribution in [-0.2, 0) is 20.8 Å². The van der Waals surface area contributed by atoms with Gasteiger partial charge >= 0.3 is 124 Å². The van der Waals surface area contributed by atoms with E-state index in [0.717, 1.165) is 17.9 Å². The fraction of sp³-hybridized carbons (Fsp3) is 0.323. The molecule has 0 spiro atoms. The van der Waals surface area contributed by atoms with E-state index in [4.69, 9.17) is 4.74 Å². The average Bonchev–Trinajstić information content (AvgIpc) is 2.90. The minimum atomic E-state index is -2.11. The Morgan fingerprint density at radius 2 is 1.49 bits per heavy atom. The van der Waals surface area contributed by atoms with Crippen LogP contribution in [0.3, 0.4) is 0 Å². The van der Waals surface area contributed by atoms with Crippen molar-refractivity contribution in [2.24, 2.45) is 0 Å². The van der Waals surface area contributed by atoms with Gasteiger partial charge in [0.1, 0.15) is 17.7 Å².